The number of aryl methyl sites for hydroxylation is 2. The van der Waals surface area contributed by atoms with Crippen LogP contribution in [0.15, 0.2) is 30.3 Å². The van der Waals surface area contributed by atoms with Crippen molar-refractivity contribution in [3.63, 3.8) is 0 Å². The van der Waals surface area contributed by atoms with Crippen LogP contribution in [0.3, 0.4) is 0 Å². The Morgan fingerprint density at radius 1 is 1.05 bits per heavy atom. The second-order valence-electron chi connectivity index (χ2n) is 10.3. The van der Waals surface area contributed by atoms with Crippen molar-refractivity contribution < 1.29 is 28.7 Å². The van der Waals surface area contributed by atoms with Crippen molar-refractivity contribution in [2.24, 2.45) is 17.6 Å². The Bertz CT molecular complexity index is 1360. The number of ether oxygens (including phenoxy) is 2. The predicted molar refractivity (Wildman–Crippen MR) is 139 cm³/mol. The Morgan fingerprint density at radius 3 is 2.47 bits per heavy atom. The van der Waals surface area contributed by atoms with Crippen LogP contribution in [0.4, 0.5) is 5.69 Å². The summed E-state index contributed by atoms with van der Waals surface area (Å²) in [5.74, 6) is -2.18. The first kappa shape index (κ1) is 25.7. The molecular weight excluding hydrogens is 488 g/mol. The molecule has 0 bridgehead atoms. The third kappa shape index (κ3) is 3.82. The first-order valence-electron chi connectivity index (χ1n) is 12.7. The number of carbonyl (C=O) groups is 4. The third-order valence-electron chi connectivity index (χ3n) is 8.03. The normalized spacial score (nSPS) is 25.5. The molecule has 2 saturated heterocycles. The number of nitrogens with zero attached hydrogens (tertiary/aromatic N) is 1. The highest BCUT2D eigenvalue weighted by molar-refractivity contribution is 6.15. The molecule has 38 heavy (non-hydrogen) atoms. The van der Waals surface area contributed by atoms with Gasteiger partial charge < -0.3 is 20.5 Å². The lowest BCUT2D eigenvalue weighted by molar-refractivity contribution is -0.142. The number of likely N-dealkylation sites (tertiary alicyclic amines) is 1. The van der Waals surface area contributed by atoms with E-state index in [0.717, 1.165) is 16.7 Å². The van der Waals surface area contributed by atoms with Crippen molar-refractivity contribution in [2.75, 3.05) is 26.1 Å². The highest BCUT2D eigenvalue weighted by Crippen LogP contribution is 2.54. The van der Waals surface area contributed by atoms with Crippen molar-refractivity contribution >= 4 is 29.3 Å². The molecule has 2 aromatic rings. The maximum atomic E-state index is 14.0. The van der Waals surface area contributed by atoms with Crippen LogP contribution in [-0.2, 0) is 31.1 Å². The monoisotopic (exact) mass is 520 g/mol. The first-order chi connectivity index (χ1) is 18.1. The van der Waals surface area contributed by atoms with E-state index in [1.807, 2.05) is 38.1 Å². The summed E-state index contributed by atoms with van der Waals surface area (Å²) in [4.78, 5) is 54.2. The number of methoxy groups -OCH3 is 2. The van der Waals surface area contributed by atoms with Crippen LogP contribution < -0.4 is 25.8 Å². The molecule has 0 aromatic heterocycles. The number of primary amides is 1. The van der Waals surface area contributed by atoms with E-state index < -0.39 is 35.2 Å². The molecule has 4 amide bonds. The predicted octanol–water partition coefficient (Wildman–Crippen LogP) is 1.55. The molecule has 1 spiro atoms. The van der Waals surface area contributed by atoms with Gasteiger partial charge in [0.2, 0.25) is 23.6 Å². The van der Waals surface area contributed by atoms with Gasteiger partial charge in [0.15, 0.2) is 11.5 Å². The Balaban J connectivity index is 1.50. The summed E-state index contributed by atoms with van der Waals surface area (Å²) in [5.41, 5.74) is 8.03. The SMILES string of the molecule is COc1ccc(CCN2C(=O)[C@@H]3[C@H](CCC(N)=O)N[C@]4(C(=O)Nc5c(C)cc(C)cc54)[C@H]3C2=O)cc1OC. The number of hydrogen-bond donors (Lipinski definition) is 3. The van der Waals surface area contributed by atoms with Gasteiger partial charge in [0.05, 0.1) is 26.1 Å². The van der Waals surface area contributed by atoms with E-state index in [4.69, 9.17) is 15.2 Å². The van der Waals surface area contributed by atoms with Crippen molar-refractivity contribution in [2.45, 2.75) is 44.7 Å². The number of fused-ring (bicyclic) bond motifs is 4. The van der Waals surface area contributed by atoms with Crippen molar-refractivity contribution in [1.82, 2.24) is 10.2 Å². The topological polar surface area (TPSA) is 140 Å². The zero-order valence-electron chi connectivity index (χ0n) is 21.9. The molecule has 0 aliphatic carbocycles. The summed E-state index contributed by atoms with van der Waals surface area (Å²) in [6, 6.07) is 8.75. The maximum absolute atomic E-state index is 14.0. The van der Waals surface area contributed by atoms with E-state index in [0.29, 0.717) is 29.2 Å². The van der Waals surface area contributed by atoms with Crippen molar-refractivity contribution in [3.8, 4) is 11.5 Å². The minimum absolute atomic E-state index is 0.0331. The lowest BCUT2D eigenvalue weighted by Gasteiger charge is -2.30. The van der Waals surface area contributed by atoms with Gasteiger partial charge in [-0.05, 0) is 49.9 Å². The Morgan fingerprint density at radius 2 is 1.79 bits per heavy atom. The van der Waals surface area contributed by atoms with Crippen LogP contribution in [-0.4, -0.2) is 55.3 Å². The van der Waals surface area contributed by atoms with Gasteiger partial charge in [-0.25, -0.2) is 0 Å². The zero-order chi connectivity index (χ0) is 27.4. The van der Waals surface area contributed by atoms with Crippen LogP contribution in [0.25, 0.3) is 0 Å². The number of rotatable bonds is 8. The highest BCUT2D eigenvalue weighted by Gasteiger charge is 2.70. The maximum Gasteiger partial charge on any atom is 0.250 e. The van der Waals surface area contributed by atoms with Gasteiger partial charge in [0, 0.05) is 30.3 Å². The van der Waals surface area contributed by atoms with Crippen molar-refractivity contribution in [1.29, 1.82) is 0 Å². The number of anilines is 1. The van der Waals surface area contributed by atoms with Crippen molar-refractivity contribution in [3.05, 3.63) is 52.6 Å². The molecular formula is C28H32N4O6. The standard InChI is InChI=1S/C28H32N4O6/c1-14-11-15(2)24-17(12-14)28(27(36)30-24)23-22(18(31-28)6-8-21(29)33)25(34)32(26(23)35)10-9-16-5-7-19(37-3)20(13-16)38-4/h5,7,11-13,18,22-23,31H,6,8-10H2,1-4H3,(H2,29,33)(H,30,36)/t18-,22+,23+,28-/m0/s1. The fraction of sp³-hybridized carbons (Fsp3) is 0.429. The molecule has 2 aromatic carbocycles. The van der Waals surface area contributed by atoms with E-state index in [2.05, 4.69) is 10.6 Å². The highest BCUT2D eigenvalue weighted by atomic mass is 16.5. The van der Waals surface area contributed by atoms with E-state index in [9.17, 15) is 19.2 Å². The van der Waals surface area contributed by atoms with Gasteiger partial charge in [-0.1, -0.05) is 23.8 Å². The molecule has 3 heterocycles. The molecule has 4 N–H and O–H groups in total. The smallest absolute Gasteiger partial charge is 0.250 e. The Hall–Kier alpha value is -3.92. The number of nitrogens with one attached hydrogen (secondary N) is 2. The van der Waals surface area contributed by atoms with E-state index >= 15 is 0 Å². The summed E-state index contributed by atoms with van der Waals surface area (Å²) in [6.07, 6.45) is 0.685. The fourth-order valence-electron chi connectivity index (χ4n) is 6.36. The van der Waals surface area contributed by atoms with Gasteiger partial charge in [-0.15, -0.1) is 0 Å². The van der Waals surface area contributed by atoms with E-state index in [1.54, 1.807) is 20.3 Å². The third-order valence-corrected chi connectivity index (χ3v) is 8.03. The molecule has 10 nitrogen and oxygen atoms in total. The van der Waals surface area contributed by atoms with Gasteiger partial charge in [-0.3, -0.25) is 29.4 Å². The van der Waals surface area contributed by atoms with Crippen LogP contribution >= 0.6 is 0 Å². The number of hydrogen-bond acceptors (Lipinski definition) is 7. The van der Waals surface area contributed by atoms with Crippen LogP contribution in [0, 0.1) is 25.7 Å². The largest absolute Gasteiger partial charge is 0.493 e. The molecule has 4 atom stereocenters. The molecule has 5 rings (SSSR count). The van der Waals surface area contributed by atoms with Crippen LogP contribution in [0.2, 0.25) is 0 Å². The average molecular weight is 521 g/mol. The summed E-state index contributed by atoms with van der Waals surface area (Å²) < 4.78 is 10.7. The molecule has 0 unspecified atom stereocenters. The second-order valence-corrected chi connectivity index (χ2v) is 10.3. The van der Waals surface area contributed by atoms with Gasteiger partial charge in [0.1, 0.15) is 5.54 Å². The minimum atomic E-state index is -1.40. The lowest BCUT2D eigenvalue weighted by atomic mass is 9.75. The zero-order valence-corrected chi connectivity index (χ0v) is 21.9. The molecule has 200 valence electrons. The average Bonchev–Trinajstić information content (AvgIpc) is 3.46. The van der Waals surface area contributed by atoms with Crippen LogP contribution in [0.5, 0.6) is 11.5 Å². The van der Waals surface area contributed by atoms with Gasteiger partial charge in [0.25, 0.3) is 0 Å². The fourth-order valence-corrected chi connectivity index (χ4v) is 6.36. The summed E-state index contributed by atoms with van der Waals surface area (Å²) in [6.45, 7) is 3.98. The summed E-state index contributed by atoms with van der Waals surface area (Å²) in [7, 11) is 3.10. The molecule has 0 radical (unpaired) electrons. The summed E-state index contributed by atoms with van der Waals surface area (Å²) >= 11 is 0. The minimum Gasteiger partial charge on any atom is -0.493 e. The molecule has 3 aliphatic heterocycles. The Kier molecular flexibility index (Phi) is 6.38. The molecule has 2 fully saturated rings. The Labute approximate surface area is 220 Å². The van der Waals surface area contributed by atoms with Gasteiger partial charge >= 0.3 is 0 Å². The van der Waals surface area contributed by atoms with Crippen LogP contribution in [0.1, 0.15) is 35.1 Å². The number of carbonyl (C=O) groups excluding carboxylic acids is 4. The molecule has 0 saturated carbocycles. The van der Waals surface area contributed by atoms with E-state index in [-0.39, 0.29) is 31.2 Å². The number of imide groups is 1. The van der Waals surface area contributed by atoms with E-state index in [1.165, 1.54) is 4.90 Å². The lowest BCUT2D eigenvalue weighted by Crippen LogP contribution is -2.53. The molecule has 3 aliphatic rings. The molecule has 10 heteroatoms. The summed E-state index contributed by atoms with van der Waals surface area (Å²) in [5, 5.41) is 6.30. The number of nitrogens with two attached hydrogens (primary N) is 1. The second kappa shape index (κ2) is 9.43. The number of benzene rings is 2. The number of amides is 4. The van der Waals surface area contributed by atoms with Gasteiger partial charge in [-0.2, -0.15) is 0 Å². The first-order valence-corrected chi connectivity index (χ1v) is 12.7. The quantitative estimate of drug-likeness (QED) is 0.449.